The Morgan fingerprint density at radius 1 is 1.08 bits per heavy atom. The van der Waals surface area contributed by atoms with Gasteiger partial charge in [0, 0.05) is 10.6 Å². The van der Waals surface area contributed by atoms with Crippen LogP contribution in [0.25, 0.3) is 22.4 Å². The third-order valence-corrected chi connectivity index (χ3v) is 5.62. The van der Waals surface area contributed by atoms with Gasteiger partial charge in [0.2, 0.25) is 5.91 Å². The molecule has 3 aromatic rings. The van der Waals surface area contributed by atoms with Crippen molar-refractivity contribution in [3.05, 3.63) is 53.6 Å². The number of aromatic nitrogens is 2. The van der Waals surface area contributed by atoms with Crippen molar-refractivity contribution in [1.82, 2.24) is 9.55 Å². The first-order valence-corrected chi connectivity index (χ1v) is 9.55. The second-order valence-corrected chi connectivity index (χ2v) is 7.48. The Kier molecular flexibility index (Phi) is 4.68. The van der Waals surface area contributed by atoms with Gasteiger partial charge in [-0.2, -0.15) is 0 Å². The average Bonchev–Trinajstić information content (AvgIpc) is 3.03. The van der Waals surface area contributed by atoms with Crippen LogP contribution in [0, 0.1) is 5.92 Å². The molecule has 2 N–H and O–H groups in total. The Bertz CT molecular complexity index is 926. The molecule has 1 saturated carbocycles. The molecule has 0 saturated heterocycles. The minimum atomic E-state index is -0.381. The van der Waals surface area contributed by atoms with Gasteiger partial charge in [-0.3, -0.25) is 4.79 Å². The van der Waals surface area contributed by atoms with E-state index in [1.807, 2.05) is 48.5 Å². The van der Waals surface area contributed by atoms with Gasteiger partial charge in [-0.15, -0.1) is 0 Å². The maximum atomic E-state index is 12.5. The highest BCUT2D eigenvalue weighted by Gasteiger charge is 2.32. The number of nitrogens with two attached hydrogens (primary N) is 1. The van der Waals surface area contributed by atoms with Crippen LogP contribution in [0.2, 0.25) is 5.02 Å². The number of hydrogen-bond acceptors (Lipinski definition) is 2. The van der Waals surface area contributed by atoms with E-state index in [0.29, 0.717) is 5.02 Å². The van der Waals surface area contributed by atoms with Crippen LogP contribution in [0.4, 0.5) is 0 Å². The Labute approximate surface area is 158 Å². The number of primary amides is 1. The number of benzene rings is 2. The van der Waals surface area contributed by atoms with Gasteiger partial charge < -0.3 is 10.3 Å². The molecule has 0 aliphatic heterocycles. The number of nitrogens with zero attached hydrogens (tertiary/aromatic N) is 2. The zero-order valence-electron chi connectivity index (χ0n) is 14.6. The maximum absolute atomic E-state index is 12.5. The molecule has 0 bridgehead atoms. The molecular weight excluding hydrogens is 346 g/mol. The Hall–Kier alpha value is -2.33. The third-order valence-electron chi connectivity index (χ3n) is 5.36. The van der Waals surface area contributed by atoms with E-state index in [1.165, 1.54) is 6.42 Å². The lowest BCUT2D eigenvalue weighted by molar-refractivity contribution is -0.122. The number of fused-ring (bicyclic) bond motifs is 1. The summed E-state index contributed by atoms with van der Waals surface area (Å²) in [4.78, 5) is 17.4. The molecule has 1 unspecified atom stereocenters. The first-order chi connectivity index (χ1) is 12.6. The molecule has 1 fully saturated rings. The van der Waals surface area contributed by atoms with Gasteiger partial charge in [0.25, 0.3) is 0 Å². The minimum Gasteiger partial charge on any atom is -0.368 e. The molecule has 1 amide bonds. The molecule has 4 rings (SSSR count). The highest BCUT2D eigenvalue weighted by Crippen LogP contribution is 2.38. The Balaban J connectivity index is 1.92. The molecule has 1 aliphatic carbocycles. The third kappa shape index (κ3) is 3.10. The van der Waals surface area contributed by atoms with Crippen LogP contribution in [-0.4, -0.2) is 15.5 Å². The average molecular weight is 368 g/mol. The van der Waals surface area contributed by atoms with E-state index in [-0.39, 0.29) is 17.9 Å². The van der Waals surface area contributed by atoms with Gasteiger partial charge in [-0.25, -0.2) is 4.98 Å². The quantitative estimate of drug-likeness (QED) is 0.708. The lowest BCUT2D eigenvalue weighted by Crippen LogP contribution is -2.34. The first-order valence-electron chi connectivity index (χ1n) is 9.17. The predicted molar refractivity (Wildman–Crippen MR) is 105 cm³/mol. The molecule has 1 aliphatic rings. The lowest BCUT2D eigenvalue weighted by Gasteiger charge is -2.30. The summed E-state index contributed by atoms with van der Waals surface area (Å²) < 4.78 is 2.05. The van der Waals surface area contributed by atoms with Gasteiger partial charge in [0.1, 0.15) is 11.9 Å². The number of halogens is 1. The fourth-order valence-corrected chi connectivity index (χ4v) is 4.27. The van der Waals surface area contributed by atoms with E-state index in [2.05, 4.69) is 4.57 Å². The number of amides is 1. The van der Waals surface area contributed by atoms with Crippen molar-refractivity contribution >= 4 is 28.5 Å². The molecule has 0 radical (unpaired) electrons. The van der Waals surface area contributed by atoms with Crippen molar-refractivity contribution in [1.29, 1.82) is 0 Å². The second-order valence-electron chi connectivity index (χ2n) is 7.05. The summed E-state index contributed by atoms with van der Waals surface area (Å²) in [5.74, 6) is 0.748. The van der Waals surface area contributed by atoms with Gasteiger partial charge in [0.05, 0.1) is 11.0 Å². The van der Waals surface area contributed by atoms with Crippen LogP contribution in [0.5, 0.6) is 0 Å². The molecule has 4 nitrogen and oxygen atoms in total. The van der Waals surface area contributed by atoms with Crippen LogP contribution in [-0.2, 0) is 4.79 Å². The van der Waals surface area contributed by atoms with Gasteiger partial charge >= 0.3 is 0 Å². The van der Waals surface area contributed by atoms with Crippen LogP contribution in [0.3, 0.4) is 0 Å². The SMILES string of the molecule is NC(=O)C(C1CCCCC1)n1c(-c2ccc(Cl)cc2)nc2ccccc21. The summed E-state index contributed by atoms with van der Waals surface area (Å²) in [5, 5.41) is 0.676. The summed E-state index contributed by atoms with van der Waals surface area (Å²) in [5.41, 5.74) is 8.68. The van der Waals surface area contributed by atoms with Crippen molar-refractivity contribution in [3.63, 3.8) is 0 Å². The van der Waals surface area contributed by atoms with Crippen molar-refractivity contribution in [2.45, 2.75) is 38.1 Å². The van der Waals surface area contributed by atoms with Gasteiger partial charge in [-0.05, 0) is 55.2 Å². The van der Waals surface area contributed by atoms with Crippen molar-refractivity contribution < 1.29 is 4.79 Å². The topological polar surface area (TPSA) is 60.9 Å². The van der Waals surface area contributed by atoms with Crippen molar-refractivity contribution in [3.8, 4) is 11.4 Å². The van der Waals surface area contributed by atoms with Crippen LogP contribution in [0.1, 0.15) is 38.1 Å². The van der Waals surface area contributed by atoms with Crippen molar-refractivity contribution in [2.75, 3.05) is 0 Å². The molecule has 0 spiro atoms. The molecule has 2 aromatic carbocycles. The molecular formula is C21H22ClN3O. The van der Waals surface area contributed by atoms with E-state index in [9.17, 15) is 4.79 Å². The van der Waals surface area contributed by atoms with Crippen LogP contribution in [0.15, 0.2) is 48.5 Å². The minimum absolute atomic E-state index is 0.255. The summed E-state index contributed by atoms with van der Waals surface area (Å²) in [6.45, 7) is 0. The van der Waals surface area contributed by atoms with E-state index >= 15 is 0 Å². The molecule has 1 atom stereocenters. The number of carbonyl (C=O) groups excluding carboxylic acids is 1. The molecule has 1 heterocycles. The highest BCUT2D eigenvalue weighted by atomic mass is 35.5. The molecule has 26 heavy (non-hydrogen) atoms. The monoisotopic (exact) mass is 367 g/mol. The fraction of sp³-hybridized carbons (Fsp3) is 0.333. The maximum Gasteiger partial charge on any atom is 0.240 e. The van der Waals surface area contributed by atoms with E-state index < -0.39 is 0 Å². The largest absolute Gasteiger partial charge is 0.368 e. The highest BCUT2D eigenvalue weighted by molar-refractivity contribution is 6.30. The van der Waals surface area contributed by atoms with Gasteiger partial charge in [0.15, 0.2) is 0 Å². The number of carbonyl (C=O) groups is 1. The zero-order chi connectivity index (χ0) is 18.1. The van der Waals surface area contributed by atoms with E-state index in [4.69, 9.17) is 22.3 Å². The first kappa shape index (κ1) is 17.1. The van der Waals surface area contributed by atoms with Gasteiger partial charge in [-0.1, -0.05) is 43.0 Å². The Morgan fingerprint density at radius 3 is 2.46 bits per heavy atom. The number of hydrogen-bond donors (Lipinski definition) is 1. The molecule has 1 aromatic heterocycles. The summed E-state index contributed by atoms with van der Waals surface area (Å²) >= 11 is 6.05. The number of para-hydroxylation sites is 2. The van der Waals surface area contributed by atoms with Crippen molar-refractivity contribution in [2.24, 2.45) is 11.7 Å². The molecule has 134 valence electrons. The summed E-state index contributed by atoms with van der Waals surface area (Å²) in [7, 11) is 0. The van der Waals surface area contributed by atoms with E-state index in [1.54, 1.807) is 0 Å². The van der Waals surface area contributed by atoms with Crippen LogP contribution >= 0.6 is 11.6 Å². The smallest absolute Gasteiger partial charge is 0.240 e. The Morgan fingerprint density at radius 2 is 1.77 bits per heavy atom. The standard InChI is InChI=1S/C21H22ClN3O/c22-16-12-10-15(11-13-16)21-24-17-8-4-5-9-18(17)25(21)19(20(23)26)14-6-2-1-3-7-14/h4-5,8-14,19H,1-3,6-7H2,(H2,23,26). The lowest BCUT2D eigenvalue weighted by atomic mass is 9.83. The number of rotatable bonds is 4. The summed E-state index contributed by atoms with van der Waals surface area (Å²) in [6.07, 6.45) is 5.59. The second kappa shape index (κ2) is 7.12. The summed E-state index contributed by atoms with van der Waals surface area (Å²) in [6, 6.07) is 15.1. The normalized spacial score (nSPS) is 16.7. The fourth-order valence-electron chi connectivity index (χ4n) is 4.15. The predicted octanol–water partition coefficient (Wildman–Crippen LogP) is 4.96. The zero-order valence-corrected chi connectivity index (χ0v) is 15.3. The molecule has 5 heteroatoms. The van der Waals surface area contributed by atoms with Crippen LogP contribution < -0.4 is 5.73 Å². The van der Waals surface area contributed by atoms with E-state index in [0.717, 1.165) is 48.1 Å². The number of imidazole rings is 1.